The van der Waals surface area contributed by atoms with Crippen molar-refractivity contribution in [2.45, 2.75) is 0 Å². The molecule has 0 atom stereocenters. The van der Waals surface area contributed by atoms with Gasteiger partial charge in [-0.25, -0.2) is 9.37 Å². The minimum atomic E-state index is -0.503. The molecule has 1 aromatic carbocycles. The highest BCUT2D eigenvalue weighted by Crippen LogP contribution is 2.29. The van der Waals surface area contributed by atoms with Crippen LogP contribution in [0.4, 0.5) is 10.1 Å². The third-order valence-electron chi connectivity index (χ3n) is 1.84. The van der Waals surface area contributed by atoms with E-state index in [0.717, 1.165) is 0 Å². The van der Waals surface area contributed by atoms with Gasteiger partial charge in [0.05, 0.1) is 0 Å². The Kier molecular flexibility index (Phi) is 2.87. The van der Waals surface area contributed by atoms with Crippen LogP contribution in [0.2, 0.25) is 5.15 Å². The molecule has 16 heavy (non-hydrogen) atoms. The van der Waals surface area contributed by atoms with Crippen molar-refractivity contribution in [1.82, 2.24) is 9.97 Å². The number of nitrogens with two attached hydrogens (primary N) is 1. The summed E-state index contributed by atoms with van der Waals surface area (Å²) in [6, 6.07) is 5.93. The molecule has 0 fully saturated rings. The molecule has 4 nitrogen and oxygen atoms in total. The second-order valence-electron chi connectivity index (χ2n) is 2.92. The number of nitrogens with zero attached hydrogens (tertiary/aromatic N) is 2. The Bertz CT molecular complexity index is 521. The van der Waals surface area contributed by atoms with Gasteiger partial charge in [0.15, 0.2) is 16.7 Å². The van der Waals surface area contributed by atoms with Gasteiger partial charge in [0.2, 0.25) is 5.88 Å². The Morgan fingerprint density at radius 1 is 1.25 bits per heavy atom. The van der Waals surface area contributed by atoms with Gasteiger partial charge in [0.25, 0.3) is 0 Å². The standard InChI is InChI=1S/C10H7ClFN3O/c11-9-8(13)10(15-5-14-9)16-7-4-2-1-3-6(7)12/h1-5H,13H2. The SMILES string of the molecule is Nc1c(Cl)ncnc1Oc1ccccc1F. The van der Waals surface area contributed by atoms with Crippen LogP contribution < -0.4 is 10.5 Å². The zero-order chi connectivity index (χ0) is 11.5. The fourth-order valence-corrected chi connectivity index (χ4v) is 1.20. The number of hydrogen-bond acceptors (Lipinski definition) is 4. The summed E-state index contributed by atoms with van der Waals surface area (Å²) in [6.45, 7) is 0. The maximum Gasteiger partial charge on any atom is 0.247 e. The molecule has 1 heterocycles. The van der Waals surface area contributed by atoms with E-state index in [1.54, 1.807) is 12.1 Å². The molecule has 6 heteroatoms. The molecule has 0 amide bonds. The van der Waals surface area contributed by atoms with Gasteiger partial charge in [-0.05, 0) is 12.1 Å². The summed E-state index contributed by atoms with van der Waals surface area (Å²) >= 11 is 5.67. The molecule has 0 saturated heterocycles. The second kappa shape index (κ2) is 4.32. The average molecular weight is 240 g/mol. The molecule has 2 aromatic rings. The number of ether oxygens (including phenoxy) is 1. The van der Waals surface area contributed by atoms with Gasteiger partial charge >= 0.3 is 0 Å². The molecule has 0 aliphatic carbocycles. The summed E-state index contributed by atoms with van der Waals surface area (Å²) in [7, 11) is 0. The molecule has 0 aliphatic heterocycles. The zero-order valence-electron chi connectivity index (χ0n) is 8.02. The second-order valence-corrected chi connectivity index (χ2v) is 3.27. The summed E-state index contributed by atoms with van der Waals surface area (Å²) in [5, 5.41) is 0.0707. The lowest BCUT2D eigenvalue weighted by atomic mass is 10.3. The Balaban J connectivity index is 2.35. The summed E-state index contributed by atoms with van der Waals surface area (Å²) in [5.74, 6) is -0.439. The first kappa shape index (κ1) is 10.6. The van der Waals surface area contributed by atoms with E-state index in [1.807, 2.05) is 0 Å². The third-order valence-corrected chi connectivity index (χ3v) is 2.14. The van der Waals surface area contributed by atoms with Crippen LogP contribution in [-0.2, 0) is 0 Å². The zero-order valence-corrected chi connectivity index (χ0v) is 8.78. The lowest BCUT2D eigenvalue weighted by molar-refractivity contribution is 0.428. The fourth-order valence-electron chi connectivity index (χ4n) is 1.07. The molecule has 0 saturated carbocycles. The minimum Gasteiger partial charge on any atom is -0.434 e. The maximum absolute atomic E-state index is 13.3. The first-order chi connectivity index (χ1) is 7.68. The number of hydrogen-bond donors (Lipinski definition) is 1. The number of anilines is 1. The molecule has 82 valence electrons. The van der Waals surface area contributed by atoms with Gasteiger partial charge in [-0.2, -0.15) is 4.98 Å². The van der Waals surface area contributed by atoms with Crippen molar-refractivity contribution < 1.29 is 9.13 Å². The summed E-state index contributed by atoms with van der Waals surface area (Å²) in [5.41, 5.74) is 5.65. The van der Waals surface area contributed by atoms with Gasteiger partial charge in [0.1, 0.15) is 12.0 Å². The molecule has 2 N–H and O–H groups in total. The highest BCUT2D eigenvalue weighted by atomic mass is 35.5. The Morgan fingerprint density at radius 3 is 2.75 bits per heavy atom. The lowest BCUT2D eigenvalue weighted by Crippen LogP contribution is -1.98. The van der Waals surface area contributed by atoms with Crippen LogP contribution in [0.1, 0.15) is 0 Å². The van der Waals surface area contributed by atoms with Gasteiger partial charge in [-0.1, -0.05) is 23.7 Å². The van der Waals surface area contributed by atoms with Gasteiger partial charge < -0.3 is 10.5 Å². The van der Waals surface area contributed by atoms with Crippen molar-refractivity contribution in [3.05, 3.63) is 41.6 Å². The molecule has 0 aliphatic rings. The van der Waals surface area contributed by atoms with Crippen LogP contribution in [0.5, 0.6) is 11.6 Å². The minimum absolute atomic E-state index is 0.0315. The van der Waals surface area contributed by atoms with Gasteiger partial charge in [0, 0.05) is 0 Å². The molecule has 2 rings (SSSR count). The maximum atomic E-state index is 13.3. The predicted molar refractivity (Wildman–Crippen MR) is 57.9 cm³/mol. The molecule has 0 bridgehead atoms. The highest BCUT2D eigenvalue weighted by molar-refractivity contribution is 6.32. The Labute approximate surface area is 95.9 Å². The van der Waals surface area contributed by atoms with E-state index in [-0.39, 0.29) is 22.5 Å². The number of para-hydroxylation sites is 1. The molecule has 1 aromatic heterocycles. The van der Waals surface area contributed by atoms with Crippen LogP contribution in [0.15, 0.2) is 30.6 Å². The summed E-state index contributed by atoms with van der Waals surface area (Å²) in [4.78, 5) is 7.43. The lowest BCUT2D eigenvalue weighted by Gasteiger charge is -2.07. The van der Waals surface area contributed by atoms with E-state index in [1.165, 1.54) is 18.5 Å². The van der Waals surface area contributed by atoms with Crippen LogP contribution in [0, 0.1) is 5.82 Å². The topological polar surface area (TPSA) is 61.0 Å². The van der Waals surface area contributed by atoms with Crippen molar-refractivity contribution in [3.63, 3.8) is 0 Å². The average Bonchev–Trinajstić information content (AvgIpc) is 2.28. The largest absolute Gasteiger partial charge is 0.434 e. The molecule has 0 spiro atoms. The van der Waals surface area contributed by atoms with Crippen molar-refractivity contribution in [2.75, 3.05) is 5.73 Å². The Hall–Kier alpha value is -1.88. The Morgan fingerprint density at radius 2 is 2.00 bits per heavy atom. The number of nitrogen functional groups attached to an aromatic ring is 1. The summed E-state index contributed by atoms with van der Waals surface area (Å²) < 4.78 is 18.5. The smallest absolute Gasteiger partial charge is 0.247 e. The van der Waals surface area contributed by atoms with E-state index < -0.39 is 5.82 Å². The van der Waals surface area contributed by atoms with E-state index in [4.69, 9.17) is 22.1 Å². The predicted octanol–water partition coefficient (Wildman–Crippen LogP) is 2.64. The quantitative estimate of drug-likeness (QED) is 0.819. The first-order valence-electron chi connectivity index (χ1n) is 4.37. The van der Waals surface area contributed by atoms with Crippen LogP contribution in [0.25, 0.3) is 0 Å². The van der Waals surface area contributed by atoms with Crippen LogP contribution >= 0.6 is 11.6 Å². The number of halogens is 2. The summed E-state index contributed by atoms with van der Waals surface area (Å²) in [6.07, 6.45) is 1.19. The highest BCUT2D eigenvalue weighted by Gasteiger charge is 2.10. The van der Waals surface area contributed by atoms with E-state index in [2.05, 4.69) is 9.97 Å². The fraction of sp³-hybridized carbons (Fsp3) is 0. The number of rotatable bonds is 2. The van der Waals surface area contributed by atoms with Crippen LogP contribution in [0.3, 0.4) is 0 Å². The number of benzene rings is 1. The monoisotopic (exact) mass is 239 g/mol. The van der Waals surface area contributed by atoms with Crippen molar-refractivity contribution in [3.8, 4) is 11.6 Å². The van der Waals surface area contributed by atoms with Crippen molar-refractivity contribution >= 4 is 17.3 Å². The molecule has 0 unspecified atom stereocenters. The van der Waals surface area contributed by atoms with E-state index >= 15 is 0 Å². The third kappa shape index (κ3) is 2.04. The molecular weight excluding hydrogens is 233 g/mol. The van der Waals surface area contributed by atoms with Gasteiger partial charge in [-0.3, -0.25) is 0 Å². The normalized spacial score (nSPS) is 10.1. The van der Waals surface area contributed by atoms with Gasteiger partial charge in [-0.15, -0.1) is 0 Å². The first-order valence-corrected chi connectivity index (χ1v) is 4.74. The van der Waals surface area contributed by atoms with Crippen molar-refractivity contribution in [1.29, 1.82) is 0 Å². The number of aromatic nitrogens is 2. The molecule has 0 radical (unpaired) electrons. The van der Waals surface area contributed by atoms with Crippen molar-refractivity contribution in [2.24, 2.45) is 0 Å². The van der Waals surface area contributed by atoms with Crippen LogP contribution in [-0.4, -0.2) is 9.97 Å². The molecular formula is C10H7ClFN3O. The van der Waals surface area contributed by atoms with E-state index in [0.29, 0.717) is 0 Å². The van der Waals surface area contributed by atoms with E-state index in [9.17, 15) is 4.39 Å².